The van der Waals surface area contributed by atoms with E-state index in [1.807, 2.05) is 0 Å². The fraction of sp³-hybridized carbons (Fsp3) is 0.235. The first kappa shape index (κ1) is 40.0. The monoisotopic (exact) mass is 817 g/mol. The number of aliphatic carboxylic acids is 1. The number of hydrogen-bond donors (Lipinski definition) is 3. The van der Waals surface area contributed by atoms with Crippen molar-refractivity contribution in [2.75, 3.05) is 5.32 Å². The predicted octanol–water partition coefficient (Wildman–Crippen LogP) is 5.89. The molecule has 23 heteroatoms. The Hall–Kier alpha value is -6.71. The van der Waals surface area contributed by atoms with Crippen molar-refractivity contribution in [2.45, 2.75) is 44.6 Å². The number of anilines is 1. The van der Waals surface area contributed by atoms with Crippen molar-refractivity contribution in [3.05, 3.63) is 100 Å². The minimum atomic E-state index is -5.08. The fourth-order valence-corrected chi connectivity index (χ4v) is 5.86. The molecule has 0 saturated heterocycles. The number of amides is 1. The molecule has 16 nitrogen and oxygen atoms in total. The molecule has 0 fully saturated rings. The van der Waals surface area contributed by atoms with Crippen molar-refractivity contribution < 1.29 is 46.1 Å². The molecule has 2 atom stereocenters. The van der Waals surface area contributed by atoms with Crippen LogP contribution in [0, 0.1) is 5.92 Å². The fourth-order valence-electron chi connectivity index (χ4n) is 5.69. The number of carboxylic acids is 1. The summed E-state index contributed by atoms with van der Waals surface area (Å²) in [6, 6.07) is 9.90. The maximum absolute atomic E-state index is 13.8. The summed E-state index contributed by atoms with van der Waals surface area (Å²) < 4.78 is 75.3. The van der Waals surface area contributed by atoms with Crippen LogP contribution in [0.3, 0.4) is 0 Å². The van der Waals surface area contributed by atoms with Crippen molar-refractivity contribution in [2.24, 2.45) is 5.92 Å². The van der Waals surface area contributed by atoms with Crippen LogP contribution in [-0.4, -0.2) is 77.5 Å². The van der Waals surface area contributed by atoms with Gasteiger partial charge in [-0.2, -0.15) is 31.4 Å². The summed E-state index contributed by atoms with van der Waals surface area (Å²) in [5.41, 5.74) is 0.891. The molecule has 7 rings (SSSR count). The minimum Gasteiger partial charge on any atom is -0.493 e. The molecule has 296 valence electrons. The number of nitrogens with zero attached hydrogens (tertiary/aromatic N) is 10. The van der Waals surface area contributed by atoms with Gasteiger partial charge in [-0.1, -0.05) is 30.2 Å². The van der Waals surface area contributed by atoms with Crippen molar-refractivity contribution in [1.82, 2.24) is 49.3 Å². The summed E-state index contributed by atoms with van der Waals surface area (Å²) >= 11 is 6.25. The molecule has 3 N–H and O–H groups in total. The van der Waals surface area contributed by atoms with Gasteiger partial charge < -0.3 is 15.5 Å². The number of carbonyl (C=O) groups excluding carboxylic acids is 1. The number of carboxylic acid groups (broad SMARTS) is 1. The first-order valence-corrected chi connectivity index (χ1v) is 16.8. The van der Waals surface area contributed by atoms with Gasteiger partial charge >= 0.3 is 18.3 Å². The number of halogens is 7. The van der Waals surface area contributed by atoms with Crippen LogP contribution in [0.4, 0.5) is 32.0 Å². The van der Waals surface area contributed by atoms with Crippen LogP contribution < -0.4 is 10.9 Å². The maximum atomic E-state index is 13.8. The third-order valence-corrected chi connectivity index (χ3v) is 8.72. The number of carbonyl (C=O) groups is 2. The van der Waals surface area contributed by atoms with E-state index in [2.05, 4.69) is 40.7 Å². The lowest BCUT2D eigenvalue weighted by atomic mass is 9.97. The molecule has 6 heterocycles. The van der Waals surface area contributed by atoms with Crippen molar-refractivity contribution >= 4 is 29.2 Å². The van der Waals surface area contributed by atoms with Crippen LogP contribution in [0.1, 0.15) is 43.6 Å². The smallest absolute Gasteiger partial charge is 0.490 e. The Labute approximate surface area is 320 Å². The molecule has 6 aromatic rings. The zero-order valence-corrected chi connectivity index (χ0v) is 29.7. The van der Waals surface area contributed by atoms with Gasteiger partial charge in [0.2, 0.25) is 11.8 Å². The van der Waals surface area contributed by atoms with Crippen LogP contribution in [0.5, 0.6) is 5.88 Å². The zero-order valence-electron chi connectivity index (χ0n) is 28.9. The van der Waals surface area contributed by atoms with E-state index >= 15 is 0 Å². The first-order valence-electron chi connectivity index (χ1n) is 16.5. The molecule has 0 saturated carbocycles. The number of pyridine rings is 1. The highest BCUT2D eigenvalue weighted by atomic mass is 35.5. The van der Waals surface area contributed by atoms with Crippen LogP contribution in [0.25, 0.3) is 34.0 Å². The molecule has 0 unspecified atom stereocenters. The van der Waals surface area contributed by atoms with Gasteiger partial charge in [0.25, 0.3) is 5.56 Å². The Bertz CT molecular complexity index is 2520. The maximum Gasteiger partial charge on any atom is 0.490 e. The van der Waals surface area contributed by atoms with Gasteiger partial charge in [-0.15, -0.1) is 5.10 Å². The minimum absolute atomic E-state index is 0.152. The van der Waals surface area contributed by atoms with Crippen LogP contribution in [-0.2, 0) is 15.8 Å². The third-order valence-electron chi connectivity index (χ3n) is 8.48. The number of nitrogens with one attached hydrogen (secondary N) is 1. The second-order valence-electron chi connectivity index (χ2n) is 12.4. The zero-order chi connectivity index (χ0) is 41.2. The largest absolute Gasteiger partial charge is 0.493 e. The van der Waals surface area contributed by atoms with E-state index in [-0.39, 0.29) is 39.6 Å². The van der Waals surface area contributed by atoms with E-state index < -0.39 is 41.5 Å². The second kappa shape index (κ2) is 15.8. The predicted molar refractivity (Wildman–Crippen MR) is 186 cm³/mol. The molecule has 2 bridgehead atoms. The van der Waals surface area contributed by atoms with Crippen molar-refractivity contribution in [3.63, 3.8) is 0 Å². The number of alkyl halides is 6. The first-order chi connectivity index (χ1) is 26.9. The molecule has 1 aliphatic heterocycles. The molecular weight excluding hydrogens is 792 g/mol. The average Bonchev–Trinajstić information content (AvgIpc) is 3.82. The molecule has 0 aliphatic carbocycles. The molecule has 1 aliphatic rings. The van der Waals surface area contributed by atoms with Crippen molar-refractivity contribution in [3.8, 4) is 39.9 Å². The number of rotatable bonds is 4. The quantitative estimate of drug-likeness (QED) is 0.178. The molecule has 57 heavy (non-hydrogen) atoms. The SMILES string of the molecule is C[C@@H]1CCC[C@H](n2cnc(-c3cc(Cl)ccc3-n3cc(C(F)(F)F)nn3)cc2=O)c2cc(ccn2)-c2nn(-c3cc(O)ncn3)cc2NC1=O.O=C(O)C(F)(F)F. The summed E-state index contributed by atoms with van der Waals surface area (Å²) in [5.74, 6) is -3.36. The summed E-state index contributed by atoms with van der Waals surface area (Å²) in [4.78, 5) is 52.9. The van der Waals surface area contributed by atoms with Crippen molar-refractivity contribution in [1.29, 1.82) is 0 Å². The highest BCUT2D eigenvalue weighted by molar-refractivity contribution is 6.31. The number of aromatic nitrogens is 10. The van der Waals surface area contributed by atoms with Gasteiger partial charge in [0.1, 0.15) is 12.0 Å². The Morgan fingerprint density at radius 2 is 1.70 bits per heavy atom. The van der Waals surface area contributed by atoms with Gasteiger partial charge in [0.05, 0.1) is 47.5 Å². The normalized spacial score (nSPS) is 16.0. The van der Waals surface area contributed by atoms with Gasteiger partial charge in [-0.05, 0) is 43.2 Å². The van der Waals surface area contributed by atoms with E-state index in [4.69, 9.17) is 21.5 Å². The lowest BCUT2D eigenvalue weighted by Gasteiger charge is -2.22. The summed E-state index contributed by atoms with van der Waals surface area (Å²) in [7, 11) is 0. The third kappa shape index (κ3) is 9.06. The molecule has 5 aromatic heterocycles. The summed E-state index contributed by atoms with van der Waals surface area (Å²) in [5, 5.41) is 31.7. The van der Waals surface area contributed by atoms with E-state index in [9.17, 15) is 41.0 Å². The average molecular weight is 818 g/mol. The van der Waals surface area contributed by atoms with Gasteiger partial charge in [-0.25, -0.2) is 29.1 Å². The highest BCUT2D eigenvalue weighted by Crippen LogP contribution is 2.34. The lowest BCUT2D eigenvalue weighted by molar-refractivity contribution is -0.192. The molecule has 0 radical (unpaired) electrons. The summed E-state index contributed by atoms with van der Waals surface area (Å²) in [6.45, 7) is 1.80. The van der Waals surface area contributed by atoms with Crippen LogP contribution in [0.15, 0.2) is 78.5 Å². The van der Waals surface area contributed by atoms with Gasteiger partial charge in [0, 0.05) is 40.4 Å². The van der Waals surface area contributed by atoms with Gasteiger partial charge in [-0.3, -0.25) is 19.1 Å². The second-order valence-corrected chi connectivity index (χ2v) is 12.8. The summed E-state index contributed by atoms with van der Waals surface area (Å²) in [6.07, 6.45) is -1.86. The van der Waals surface area contributed by atoms with Crippen LogP contribution >= 0.6 is 11.6 Å². The molecular formula is C34H26ClF6N11O5. The number of fused-ring (bicyclic) bond motifs is 4. The standard InChI is InChI=1S/C32H25ClF3N11O3.C2HF3O2/c1-17-3-2-4-25(22-9-18(7-8-37-22)30-23(41-31(17)50)13-47(43-30)27-12-28(48)39-15-38-27)45-16-40-21(11-29(45)49)20-10-19(33)5-6-24(20)46-14-26(42-44-46)32(34,35)36;3-2(4,5)1(6)7/h5-17,25H,2-4H2,1H3,(H,41,50)(H,38,39,48);(H,6,7)/t17-,25+;/m1./s1. The Balaban J connectivity index is 0.000000719. The molecule has 1 aromatic carbocycles. The van der Waals surface area contributed by atoms with E-state index in [0.717, 1.165) is 10.9 Å². The Morgan fingerprint density at radius 3 is 2.37 bits per heavy atom. The van der Waals surface area contributed by atoms with E-state index in [1.165, 1.54) is 52.2 Å². The number of benzene rings is 1. The number of aromatic hydroxyl groups is 1. The lowest BCUT2D eigenvalue weighted by Crippen LogP contribution is -2.27. The van der Waals surface area contributed by atoms with E-state index in [1.54, 1.807) is 31.5 Å². The highest BCUT2D eigenvalue weighted by Gasteiger charge is 2.38. The molecule has 1 amide bonds. The number of hydrogen-bond acceptors (Lipinski definition) is 11. The topological polar surface area (TPSA) is 209 Å². The van der Waals surface area contributed by atoms with E-state index in [0.29, 0.717) is 41.9 Å². The van der Waals surface area contributed by atoms with Gasteiger partial charge in [0.15, 0.2) is 11.5 Å². The van der Waals surface area contributed by atoms with Crippen LogP contribution in [0.2, 0.25) is 5.02 Å². The Kier molecular flexibility index (Phi) is 11.1. The molecule has 0 spiro atoms. The Morgan fingerprint density at radius 1 is 0.947 bits per heavy atom.